The van der Waals surface area contributed by atoms with E-state index in [9.17, 15) is 14.9 Å². The maximum absolute atomic E-state index is 11.5. The Morgan fingerprint density at radius 1 is 1.58 bits per heavy atom. The van der Waals surface area contributed by atoms with Crippen molar-refractivity contribution in [2.75, 3.05) is 18.4 Å². The fraction of sp³-hybridized carbons (Fsp3) is 0.636. The zero-order valence-corrected chi connectivity index (χ0v) is 11.3. The Balaban J connectivity index is 2.43. The summed E-state index contributed by atoms with van der Waals surface area (Å²) >= 11 is 0. The van der Waals surface area contributed by atoms with Crippen molar-refractivity contribution in [1.29, 1.82) is 0 Å². The summed E-state index contributed by atoms with van der Waals surface area (Å²) in [5.74, 6) is 0.396. The van der Waals surface area contributed by atoms with Crippen LogP contribution in [0.3, 0.4) is 0 Å². The third kappa shape index (κ3) is 4.57. The Hall–Kier alpha value is -2.12. The van der Waals surface area contributed by atoms with Crippen molar-refractivity contribution >= 4 is 17.5 Å². The predicted molar refractivity (Wildman–Crippen MR) is 70.8 cm³/mol. The van der Waals surface area contributed by atoms with Crippen LogP contribution >= 0.6 is 0 Å². The minimum atomic E-state index is -0.554. The molecule has 2 N–H and O–H groups in total. The van der Waals surface area contributed by atoms with Gasteiger partial charge in [-0.25, -0.2) is 0 Å². The van der Waals surface area contributed by atoms with Gasteiger partial charge in [0.2, 0.25) is 18.1 Å². The lowest BCUT2D eigenvalue weighted by Gasteiger charge is -2.08. The average molecular weight is 269 g/mol. The molecule has 0 aromatic carbocycles. The molecule has 0 unspecified atom stereocenters. The van der Waals surface area contributed by atoms with E-state index in [-0.39, 0.29) is 18.1 Å². The van der Waals surface area contributed by atoms with Crippen LogP contribution in [-0.4, -0.2) is 33.5 Å². The molecule has 0 atom stereocenters. The molecule has 1 aromatic rings. The number of imidazole rings is 1. The lowest BCUT2D eigenvalue weighted by molar-refractivity contribution is -0.388. The highest BCUT2D eigenvalue weighted by Crippen LogP contribution is 2.20. The Bertz CT molecular complexity index is 455. The average Bonchev–Trinajstić information content (AvgIpc) is 2.68. The van der Waals surface area contributed by atoms with Crippen molar-refractivity contribution in [3.8, 4) is 0 Å². The summed E-state index contributed by atoms with van der Waals surface area (Å²) in [6.45, 7) is 4.98. The van der Waals surface area contributed by atoms with Crippen molar-refractivity contribution in [2.24, 2.45) is 13.0 Å². The van der Waals surface area contributed by atoms with Gasteiger partial charge in [0.15, 0.2) is 0 Å². The van der Waals surface area contributed by atoms with Crippen LogP contribution in [0.1, 0.15) is 20.3 Å². The molecule has 0 radical (unpaired) electrons. The Kier molecular flexibility index (Phi) is 5.28. The molecule has 1 aromatic heterocycles. The van der Waals surface area contributed by atoms with Gasteiger partial charge >= 0.3 is 5.82 Å². The lowest BCUT2D eigenvalue weighted by atomic mass is 10.2. The molecule has 8 nitrogen and oxygen atoms in total. The fourth-order valence-corrected chi connectivity index (χ4v) is 1.46. The summed E-state index contributed by atoms with van der Waals surface area (Å²) in [5.41, 5.74) is 0. The molecule has 19 heavy (non-hydrogen) atoms. The number of nitro groups is 1. The van der Waals surface area contributed by atoms with Crippen molar-refractivity contribution < 1.29 is 9.72 Å². The second kappa shape index (κ2) is 6.72. The van der Waals surface area contributed by atoms with E-state index < -0.39 is 4.92 Å². The zero-order valence-electron chi connectivity index (χ0n) is 11.3. The number of hydrogen-bond acceptors (Lipinski definition) is 5. The molecule has 0 spiro atoms. The topological polar surface area (TPSA) is 102 Å². The van der Waals surface area contributed by atoms with Gasteiger partial charge in [0.05, 0.1) is 0 Å². The van der Waals surface area contributed by atoms with Crippen molar-refractivity contribution in [3.63, 3.8) is 0 Å². The largest absolute Gasteiger partial charge is 0.406 e. The summed E-state index contributed by atoms with van der Waals surface area (Å²) in [5, 5.41) is 16.4. The first-order valence-electron chi connectivity index (χ1n) is 6.08. The number of aryl methyl sites for hydroxylation is 1. The summed E-state index contributed by atoms with van der Waals surface area (Å²) in [6.07, 6.45) is 1.62. The second-order valence-corrected chi connectivity index (χ2v) is 4.66. The maximum atomic E-state index is 11.5. The number of anilines is 1. The Morgan fingerprint density at radius 3 is 2.84 bits per heavy atom. The minimum absolute atomic E-state index is 0.0778. The third-order valence-corrected chi connectivity index (χ3v) is 2.44. The molecule has 1 amide bonds. The Morgan fingerprint density at radius 2 is 2.26 bits per heavy atom. The van der Waals surface area contributed by atoms with E-state index in [0.717, 1.165) is 0 Å². The van der Waals surface area contributed by atoms with Gasteiger partial charge < -0.3 is 20.7 Å². The van der Waals surface area contributed by atoms with E-state index in [2.05, 4.69) is 15.6 Å². The SMILES string of the molecule is CC(C)CNC(=O)CCNc1c([N+](=O)[O-])ncn1C. The van der Waals surface area contributed by atoms with E-state index in [1.54, 1.807) is 7.05 Å². The second-order valence-electron chi connectivity index (χ2n) is 4.66. The van der Waals surface area contributed by atoms with Gasteiger partial charge in [-0.3, -0.25) is 9.36 Å². The fourth-order valence-electron chi connectivity index (χ4n) is 1.46. The maximum Gasteiger partial charge on any atom is 0.406 e. The first-order valence-corrected chi connectivity index (χ1v) is 6.08. The van der Waals surface area contributed by atoms with Gasteiger partial charge in [0.1, 0.15) is 0 Å². The van der Waals surface area contributed by atoms with Gasteiger partial charge in [0, 0.05) is 26.6 Å². The summed E-state index contributed by atoms with van der Waals surface area (Å²) < 4.78 is 1.52. The molecule has 0 aliphatic carbocycles. The predicted octanol–water partition coefficient (Wildman–Crippen LogP) is 0.902. The van der Waals surface area contributed by atoms with Crippen LogP contribution in [0.15, 0.2) is 6.33 Å². The molecule has 0 bridgehead atoms. The summed E-state index contributed by atoms with van der Waals surface area (Å²) in [7, 11) is 1.65. The highest BCUT2D eigenvalue weighted by atomic mass is 16.6. The smallest absolute Gasteiger partial charge is 0.364 e. The molecule has 8 heteroatoms. The quantitative estimate of drug-likeness (QED) is 0.565. The number of nitrogens with zero attached hydrogens (tertiary/aromatic N) is 3. The molecule has 0 aliphatic rings. The molecular weight excluding hydrogens is 250 g/mol. The van der Waals surface area contributed by atoms with Crippen molar-refractivity contribution in [2.45, 2.75) is 20.3 Å². The number of rotatable bonds is 7. The summed E-state index contributed by atoms with van der Waals surface area (Å²) in [6, 6.07) is 0. The van der Waals surface area contributed by atoms with Gasteiger partial charge in [-0.2, -0.15) is 0 Å². The van der Waals surface area contributed by atoms with Crippen LogP contribution in [0.4, 0.5) is 11.6 Å². The highest BCUT2D eigenvalue weighted by Gasteiger charge is 2.19. The molecule has 0 fully saturated rings. The number of hydrogen-bond donors (Lipinski definition) is 2. The van der Waals surface area contributed by atoms with Gasteiger partial charge in [0.25, 0.3) is 0 Å². The zero-order chi connectivity index (χ0) is 14.4. The molecular formula is C11H19N5O3. The number of carbonyl (C=O) groups is 1. The first-order chi connectivity index (χ1) is 8.91. The number of nitrogens with one attached hydrogen (secondary N) is 2. The van der Waals surface area contributed by atoms with E-state index in [0.29, 0.717) is 24.8 Å². The van der Waals surface area contributed by atoms with Crippen LogP contribution < -0.4 is 10.6 Å². The minimum Gasteiger partial charge on any atom is -0.364 e. The van der Waals surface area contributed by atoms with E-state index in [4.69, 9.17) is 0 Å². The Labute approximate surface area is 111 Å². The molecule has 106 valence electrons. The van der Waals surface area contributed by atoms with Crippen LogP contribution in [0, 0.1) is 16.0 Å². The van der Waals surface area contributed by atoms with Gasteiger partial charge in [-0.15, -0.1) is 0 Å². The van der Waals surface area contributed by atoms with Crippen LogP contribution in [0.5, 0.6) is 0 Å². The van der Waals surface area contributed by atoms with E-state index >= 15 is 0 Å². The molecule has 0 saturated carbocycles. The van der Waals surface area contributed by atoms with Crippen molar-refractivity contribution in [1.82, 2.24) is 14.9 Å². The third-order valence-electron chi connectivity index (χ3n) is 2.44. The standard InChI is InChI=1S/C11H19N5O3/c1-8(2)6-13-9(17)4-5-12-10-11(16(18)19)14-7-15(10)3/h7-8,12H,4-6H2,1-3H3,(H,13,17). The number of aromatic nitrogens is 2. The monoisotopic (exact) mass is 269 g/mol. The van der Waals surface area contributed by atoms with Crippen molar-refractivity contribution in [3.05, 3.63) is 16.4 Å². The molecule has 1 rings (SSSR count). The van der Waals surface area contributed by atoms with Gasteiger partial charge in [-0.1, -0.05) is 13.8 Å². The normalized spacial score (nSPS) is 10.5. The van der Waals surface area contributed by atoms with Crippen LogP contribution in [0.2, 0.25) is 0 Å². The highest BCUT2D eigenvalue weighted by molar-refractivity contribution is 5.76. The van der Waals surface area contributed by atoms with Crippen LogP contribution in [0.25, 0.3) is 0 Å². The lowest BCUT2D eigenvalue weighted by Crippen LogP contribution is -2.28. The number of carbonyl (C=O) groups excluding carboxylic acids is 1. The molecule has 1 heterocycles. The molecule has 0 saturated heterocycles. The van der Waals surface area contributed by atoms with Crippen LogP contribution in [-0.2, 0) is 11.8 Å². The first kappa shape index (κ1) is 14.9. The van der Waals surface area contributed by atoms with Gasteiger partial charge in [-0.05, 0) is 15.8 Å². The van der Waals surface area contributed by atoms with E-state index in [1.807, 2.05) is 13.8 Å². The number of amides is 1. The summed E-state index contributed by atoms with van der Waals surface area (Å²) in [4.78, 5) is 25.3. The van der Waals surface area contributed by atoms with E-state index in [1.165, 1.54) is 10.9 Å². The molecule has 0 aliphatic heterocycles.